The predicted molar refractivity (Wildman–Crippen MR) is 379 cm³/mol. The average Bonchev–Trinajstić information content (AvgIpc) is 1.77. The number of phenols is 5. The number of likely N-dealkylation sites (N-methyl/N-ethyl adjacent to an activating group) is 2. The van der Waals surface area contributed by atoms with Crippen LogP contribution < -0.4 is 11.1 Å². The number of hydrogen-bond acceptors (Lipinski definition) is 11. The van der Waals surface area contributed by atoms with E-state index < -0.39 is 6.03 Å². The Morgan fingerprint density at radius 2 is 0.874 bits per heavy atom. The third kappa shape index (κ3) is 22.9. The molecule has 504 valence electrons. The summed E-state index contributed by atoms with van der Waals surface area (Å²) in [6.07, 6.45) is 23.0. The quantitative estimate of drug-likeness (QED) is 0.0137. The molecule has 95 heavy (non-hydrogen) atoms. The van der Waals surface area contributed by atoms with Gasteiger partial charge in [0.1, 0.15) is 46.1 Å². The largest absolute Gasteiger partial charge is 0.508 e. The number of fused-ring (bicyclic) bond motifs is 5. The fourth-order valence-corrected chi connectivity index (χ4v) is 11.3. The van der Waals surface area contributed by atoms with Gasteiger partial charge in [0.15, 0.2) is 5.78 Å². The van der Waals surface area contributed by atoms with Crippen molar-refractivity contribution >= 4 is 83.7 Å². The molecule has 11 rings (SSSR count). The van der Waals surface area contributed by atoms with Crippen LogP contribution in [0.4, 0.5) is 4.79 Å². The van der Waals surface area contributed by atoms with Gasteiger partial charge in [0.2, 0.25) is 0 Å². The van der Waals surface area contributed by atoms with E-state index in [1.807, 2.05) is 84.2 Å². The summed E-state index contributed by atoms with van der Waals surface area (Å²) in [5, 5.41) is 55.3. The molecular weight excluding hydrogens is 1200 g/mol. The molecule has 5 aromatic carbocycles. The van der Waals surface area contributed by atoms with Gasteiger partial charge in [-0.25, -0.2) is 4.79 Å². The van der Waals surface area contributed by atoms with Crippen LogP contribution in [0.25, 0.3) is 54.5 Å². The number of H-pyrrole nitrogens is 5. The molecule has 0 saturated heterocycles. The van der Waals surface area contributed by atoms with Crippen LogP contribution in [-0.4, -0.2) is 148 Å². The first-order chi connectivity index (χ1) is 45.3. The van der Waals surface area contributed by atoms with Gasteiger partial charge < -0.3 is 80.2 Å². The van der Waals surface area contributed by atoms with Crippen molar-refractivity contribution in [2.24, 2.45) is 5.73 Å². The van der Waals surface area contributed by atoms with E-state index in [1.54, 1.807) is 68.4 Å². The molecule has 0 radical (unpaired) electrons. The number of amides is 2. The number of Topliss-reactive ketones (excluding diaryl/α,β-unsaturated/α-hetero) is 4. The summed E-state index contributed by atoms with van der Waals surface area (Å²) in [7, 11) is 10.7. The molecule has 20 nitrogen and oxygen atoms in total. The normalized spacial score (nSPS) is 11.2. The second-order valence-corrected chi connectivity index (χ2v) is 25.7. The lowest BCUT2D eigenvalue weighted by molar-refractivity contribution is -0.870. The Morgan fingerprint density at radius 3 is 1.26 bits per heavy atom. The Labute approximate surface area is 554 Å². The van der Waals surface area contributed by atoms with Gasteiger partial charge in [-0.2, -0.15) is 0 Å². The van der Waals surface area contributed by atoms with Crippen molar-refractivity contribution < 1.29 is 54.0 Å². The standard InChI is InChI=1S/C20H27NO3.C19H20N2O3.C13H18N2O.C12H16N2O.C11H13N3O2/c1-15(22)7-4-2-3-5-9-17(23)10-6-8-16-14-21-20-12-11-18(24)13-19(16)20;1-12(22)7-14-8-19(13(2)23)21(11-14)6-5-15-10-20-18-4-3-16(24)9-17(15)18;1-15(2,3)7-6-10-9-14-13-5-4-11(16)8-12(10)13;1-14(2)6-5-9-8-13-12-4-3-10(15)7-11(9)12;12-11(16)13-4-3-7-6-14-10-2-1-8(15)5-9(7)10/h11-14,21,24H,2-10H2,1H3;3-4,8-11,20,24H,5-7H2,1-2H3;4-5,8-9,14H,6-7H2,1-3H3;3-4,7-8,13,15H,5-6H2,1-2H3;1-2,5-6,14-15H,3-4H2,(H3,12,13,16)/p+1. The van der Waals surface area contributed by atoms with Crippen LogP contribution in [0, 0.1) is 0 Å². The summed E-state index contributed by atoms with van der Waals surface area (Å²) >= 11 is 0. The number of primary amides is 1. The highest BCUT2D eigenvalue weighted by Crippen LogP contribution is 2.29. The SMILES string of the molecule is CC(=O)CCCCCCC(=O)CCCc1c[nH]c2ccc(O)cc12.CC(=O)Cc1cc(C(C)=O)n(CCc2c[nH]c3ccc(O)cc23)c1.CN(C)CCc1c[nH]c2ccc(O)cc12.C[N+](C)(C)CCc1c[nH]c2ccc(O)cc12.NC(=O)NCCc1c[nH]c2ccc(O)cc12. The number of aryl methyl sites for hydroxylation is 3. The first kappa shape index (κ1) is 72.4. The number of aromatic hydroxyl groups is 5. The fourth-order valence-electron chi connectivity index (χ4n) is 11.3. The Balaban J connectivity index is 0.000000170. The maximum Gasteiger partial charge on any atom is 0.312 e. The Kier molecular flexibility index (Phi) is 26.5. The minimum atomic E-state index is -0.525. The molecule has 0 saturated carbocycles. The van der Waals surface area contributed by atoms with E-state index in [9.17, 15) is 49.5 Å². The van der Waals surface area contributed by atoms with Crippen molar-refractivity contribution in [2.75, 3.05) is 54.9 Å². The average molecular weight is 1300 g/mol. The van der Waals surface area contributed by atoms with Gasteiger partial charge in [-0.15, -0.1) is 0 Å². The predicted octanol–water partition coefficient (Wildman–Crippen LogP) is 13.1. The number of nitrogens with one attached hydrogen (secondary N) is 6. The number of quaternary nitrogens is 1. The summed E-state index contributed by atoms with van der Waals surface area (Å²) in [6.45, 7) is 7.92. The minimum absolute atomic E-state index is 0.0126. The van der Waals surface area contributed by atoms with Gasteiger partial charge in [0.25, 0.3) is 0 Å². The van der Waals surface area contributed by atoms with E-state index in [0.29, 0.717) is 68.2 Å². The number of urea groups is 1. The van der Waals surface area contributed by atoms with E-state index in [1.165, 1.54) is 18.1 Å². The van der Waals surface area contributed by atoms with Crippen LogP contribution in [-0.2, 0) is 59.5 Å². The molecule has 11 aromatic rings. The van der Waals surface area contributed by atoms with E-state index >= 15 is 0 Å². The van der Waals surface area contributed by atoms with Crippen LogP contribution in [0.1, 0.15) is 116 Å². The third-order valence-electron chi connectivity index (χ3n) is 16.4. The number of carbonyl (C=O) groups excluding carboxylic acids is 5. The lowest BCUT2D eigenvalue weighted by Gasteiger charge is -2.23. The van der Waals surface area contributed by atoms with Crippen LogP contribution in [0.3, 0.4) is 0 Å². The molecule has 0 aliphatic carbocycles. The molecule has 0 bridgehead atoms. The smallest absolute Gasteiger partial charge is 0.312 e. The highest BCUT2D eigenvalue weighted by Gasteiger charge is 2.15. The number of nitrogens with zero attached hydrogens (tertiary/aromatic N) is 3. The van der Waals surface area contributed by atoms with Crippen LogP contribution >= 0.6 is 0 Å². The number of phenolic OH excluding ortho intramolecular Hbond substituents is 5. The summed E-state index contributed by atoms with van der Waals surface area (Å²) < 4.78 is 2.85. The minimum Gasteiger partial charge on any atom is -0.508 e. The number of ketones is 4. The second kappa shape index (κ2) is 34.7. The molecule has 0 atom stereocenters. The molecular formula is C75H95N10O10+. The summed E-state index contributed by atoms with van der Waals surface area (Å²) in [4.78, 5) is 74.5. The van der Waals surface area contributed by atoms with Crippen LogP contribution in [0.2, 0.25) is 0 Å². The number of benzene rings is 5. The monoisotopic (exact) mass is 1300 g/mol. The zero-order valence-corrected chi connectivity index (χ0v) is 56.1. The van der Waals surface area contributed by atoms with Crippen molar-refractivity contribution in [1.29, 1.82) is 0 Å². The van der Waals surface area contributed by atoms with Gasteiger partial charge in [-0.1, -0.05) is 12.8 Å². The number of nitrogens with two attached hydrogens (primary N) is 1. The molecule has 0 unspecified atom stereocenters. The molecule has 6 heterocycles. The molecule has 0 fully saturated rings. The highest BCUT2D eigenvalue weighted by molar-refractivity contribution is 5.93. The van der Waals surface area contributed by atoms with Gasteiger partial charge in [-0.05, 0) is 203 Å². The lowest BCUT2D eigenvalue weighted by Crippen LogP contribution is -2.36. The summed E-state index contributed by atoms with van der Waals surface area (Å²) in [6, 6.07) is 27.8. The number of unbranched alkanes of at least 4 members (excludes halogenated alkanes) is 3. The number of aromatic nitrogens is 6. The molecule has 13 N–H and O–H groups in total. The Bertz CT molecular complexity index is 4340. The van der Waals surface area contributed by atoms with Crippen molar-refractivity contribution in [1.82, 2.24) is 39.7 Å². The van der Waals surface area contributed by atoms with Crippen LogP contribution in [0.15, 0.2) is 134 Å². The van der Waals surface area contributed by atoms with Gasteiger partial charge >= 0.3 is 6.03 Å². The molecule has 2 amide bonds. The van der Waals surface area contributed by atoms with Gasteiger partial charge in [-0.3, -0.25) is 14.4 Å². The van der Waals surface area contributed by atoms with Gasteiger partial charge in [0.05, 0.1) is 33.4 Å². The van der Waals surface area contributed by atoms with Crippen molar-refractivity contribution in [3.8, 4) is 28.7 Å². The molecule has 20 heteroatoms. The van der Waals surface area contributed by atoms with Crippen LogP contribution in [0.5, 0.6) is 28.7 Å². The van der Waals surface area contributed by atoms with Gasteiger partial charge in [0, 0.05) is 150 Å². The van der Waals surface area contributed by atoms with E-state index in [4.69, 9.17) is 5.73 Å². The van der Waals surface area contributed by atoms with Crippen molar-refractivity contribution in [3.05, 3.63) is 173 Å². The maximum absolute atomic E-state index is 11.9. The zero-order valence-electron chi connectivity index (χ0n) is 56.1. The molecule has 0 aliphatic heterocycles. The van der Waals surface area contributed by atoms with Crippen molar-refractivity contribution in [2.45, 2.75) is 117 Å². The molecule has 0 spiro atoms. The summed E-state index contributed by atoms with van der Waals surface area (Å²) in [5.74, 6) is 2.03. The molecule has 6 aromatic heterocycles. The Hall–Kier alpha value is -10.1. The summed E-state index contributed by atoms with van der Waals surface area (Å²) in [5.41, 5.74) is 17.4. The topological polar surface area (TPSA) is 312 Å². The number of hydrogen-bond donors (Lipinski definition) is 12. The lowest BCUT2D eigenvalue weighted by atomic mass is 10.0. The van der Waals surface area contributed by atoms with E-state index in [0.717, 1.165) is 152 Å². The first-order valence-corrected chi connectivity index (χ1v) is 32.4. The second-order valence-electron chi connectivity index (χ2n) is 25.7. The maximum atomic E-state index is 11.9. The number of aromatic amines is 5. The molecule has 0 aliphatic rings. The number of carbonyl (C=O) groups is 5. The third-order valence-corrected chi connectivity index (χ3v) is 16.4. The van der Waals surface area contributed by atoms with E-state index in [-0.39, 0.29) is 34.6 Å². The number of rotatable bonds is 26. The first-order valence-electron chi connectivity index (χ1n) is 32.4. The zero-order chi connectivity index (χ0) is 68.8. The van der Waals surface area contributed by atoms with E-state index in [2.05, 4.69) is 70.4 Å². The highest BCUT2D eigenvalue weighted by atomic mass is 16.3. The van der Waals surface area contributed by atoms with Crippen molar-refractivity contribution in [3.63, 3.8) is 0 Å². The fraction of sp³-hybridized carbons (Fsp3) is 0.347. The Morgan fingerprint density at radius 1 is 0.484 bits per heavy atom.